The molecule has 1 saturated heterocycles. The predicted octanol–water partition coefficient (Wildman–Crippen LogP) is 2.58. The second-order valence-electron chi connectivity index (χ2n) is 9.04. The molecule has 1 aliphatic heterocycles. The Hall–Kier alpha value is -4.02. The van der Waals surface area contributed by atoms with Gasteiger partial charge in [-0.1, -0.05) is 0 Å². The Morgan fingerprint density at radius 3 is 2.50 bits per heavy atom. The van der Waals surface area contributed by atoms with Crippen LogP contribution in [0.2, 0.25) is 0 Å². The van der Waals surface area contributed by atoms with Crippen molar-refractivity contribution in [3.05, 3.63) is 65.3 Å². The number of likely N-dealkylation sites (N-methyl/N-ethyl adjacent to an activating group) is 1. The Balaban J connectivity index is 1.54. The van der Waals surface area contributed by atoms with Crippen molar-refractivity contribution in [1.82, 2.24) is 24.4 Å². The third-order valence-electron chi connectivity index (χ3n) is 6.22. The van der Waals surface area contributed by atoms with Crippen LogP contribution in [0.25, 0.3) is 22.0 Å². The van der Waals surface area contributed by atoms with Crippen molar-refractivity contribution >= 4 is 33.9 Å². The zero-order valence-corrected chi connectivity index (χ0v) is 20.5. The van der Waals surface area contributed by atoms with Crippen LogP contribution in [0.15, 0.2) is 59.8 Å². The number of nitrogens with two attached hydrogens (primary N) is 1. The normalized spacial score (nSPS) is 13.9. The van der Waals surface area contributed by atoms with Crippen LogP contribution < -0.4 is 21.5 Å². The molecule has 3 aromatic heterocycles. The van der Waals surface area contributed by atoms with Crippen LogP contribution in [0.3, 0.4) is 0 Å². The Morgan fingerprint density at radius 1 is 1.08 bits per heavy atom. The number of morpholine rings is 1. The van der Waals surface area contributed by atoms with Gasteiger partial charge in [-0.05, 0) is 55.9 Å². The number of ether oxygens (including phenoxy) is 1. The minimum Gasteiger partial charge on any atom is -0.378 e. The Labute approximate surface area is 209 Å². The summed E-state index contributed by atoms with van der Waals surface area (Å²) in [7, 11) is 3.98. The lowest BCUT2D eigenvalue weighted by Gasteiger charge is -2.29. The van der Waals surface area contributed by atoms with Crippen LogP contribution in [-0.2, 0) is 11.3 Å². The highest BCUT2D eigenvalue weighted by Crippen LogP contribution is 2.28. The molecule has 10 heteroatoms. The maximum atomic E-state index is 13.5. The maximum Gasteiger partial charge on any atom is 0.262 e. The van der Waals surface area contributed by atoms with E-state index >= 15 is 0 Å². The number of hydrogen-bond donors (Lipinski definition) is 2. The molecular formula is C26H30N8O2. The summed E-state index contributed by atoms with van der Waals surface area (Å²) in [6.45, 7) is 4.55. The lowest BCUT2D eigenvalue weighted by atomic mass is 10.1. The molecule has 1 fully saturated rings. The summed E-state index contributed by atoms with van der Waals surface area (Å²) in [5.74, 6) is 0.685. The van der Waals surface area contributed by atoms with Gasteiger partial charge in [0.05, 0.1) is 24.3 Å². The van der Waals surface area contributed by atoms with E-state index in [1.807, 2.05) is 49.5 Å². The second-order valence-corrected chi connectivity index (χ2v) is 9.04. The molecule has 0 saturated carbocycles. The second kappa shape index (κ2) is 10.3. The number of rotatable bonds is 7. The fourth-order valence-electron chi connectivity index (χ4n) is 4.21. The van der Waals surface area contributed by atoms with Crippen molar-refractivity contribution in [2.24, 2.45) is 0 Å². The number of nitrogens with zero attached hydrogens (tertiary/aromatic N) is 6. The quantitative estimate of drug-likeness (QED) is 0.407. The molecule has 0 radical (unpaired) electrons. The maximum absolute atomic E-state index is 13.5. The highest BCUT2D eigenvalue weighted by atomic mass is 16.5. The molecule has 4 aromatic rings. The van der Waals surface area contributed by atoms with Gasteiger partial charge in [-0.25, -0.2) is 15.0 Å². The summed E-state index contributed by atoms with van der Waals surface area (Å²) in [5, 5.41) is 4.71. The highest BCUT2D eigenvalue weighted by Gasteiger charge is 2.15. The fourth-order valence-corrected chi connectivity index (χ4v) is 4.21. The zero-order chi connectivity index (χ0) is 25.1. The Morgan fingerprint density at radius 2 is 1.81 bits per heavy atom. The van der Waals surface area contributed by atoms with Crippen molar-refractivity contribution in [3.63, 3.8) is 0 Å². The van der Waals surface area contributed by atoms with E-state index in [1.54, 1.807) is 17.0 Å². The van der Waals surface area contributed by atoms with E-state index < -0.39 is 0 Å². The first-order chi connectivity index (χ1) is 17.5. The van der Waals surface area contributed by atoms with Gasteiger partial charge in [-0.15, -0.1) is 0 Å². The van der Waals surface area contributed by atoms with Gasteiger partial charge in [0.15, 0.2) is 0 Å². The summed E-state index contributed by atoms with van der Waals surface area (Å²) in [4.78, 5) is 30.9. The van der Waals surface area contributed by atoms with E-state index in [0.29, 0.717) is 29.0 Å². The summed E-state index contributed by atoms with van der Waals surface area (Å²) >= 11 is 0. The predicted molar refractivity (Wildman–Crippen MR) is 143 cm³/mol. The average molecular weight is 487 g/mol. The van der Waals surface area contributed by atoms with Crippen molar-refractivity contribution in [2.75, 3.05) is 62.9 Å². The first-order valence-corrected chi connectivity index (χ1v) is 11.9. The number of anilines is 4. The number of benzene rings is 1. The average Bonchev–Trinajstić information content (AvgIpc) is 2.89. The van der Waals surface area contributed by atoms with E-state index in [9.17, 15) is 4.79 Å². The standard InChI is InChI=1S/C26H30N8O2/c1-32(2)9-10-34-8-7-18-15-22(19-16-28-26(27)29-17-19)31-24(23(18)25(34)35)30-20-3-5-21(6-4-20)33-11-13-36-14-12-33/h3-8,15-17H,9-14H2,1-2H3,(H,30,31)(H2,27,28,29). The van der Waals surface area contributed by atoms with Crippen molar-refractivity contribution < 1.29 is 4.74 Å². The third kappa shape index (κ3) is 5.14. The minimum atomic E-state index is -0.0885. The molecule has 186 valence electrons. The number of aromatic nitrogens is 4. The first kappa shape index (κ1) is 23.7. The molecule has 36 heavy (non-hydrogen) atoms. The van der Waals surface area contributed by atoms with Gasteiger partial charge in [0, 0.05) is 61.7 Å². The molecule has 1 aromatic carbocycles. The molecule has 5 rings (SSSR count). The van der Waals surface area contributed by atoms with Gasteiger partial charge in [0.1, 0.15) is 5.82 Å². The molecule has 0 aliphatic carbocycles. The molecular weight excluding hydrogens is 456 g/mol. The first-order valence-electron chi connectivity index (χ1n) is 11.9. The number of nitrogens with one attached hydrogen (secondary N) is 1. The Bertz CT molecular complexity index is 1390. The summed E-state index contributed by atoms with van der Waals surface area (Å²) in [5.41, 5.74) is 8.93. The highest BCUT2D eigenvalue weighted by molar-refractivity contribution is 5.95. The van der Waals surface area contributed by atoms with E-state index in [2.05, 4.69) is 32.3 Å². The van der Waals surface area contributed by atoms with E-state index in [4.69, 9.17) is 15.5 Å². The van der Waals surface area contributed by atoms with Gasteiger partial charge in [-0.2, -0.15) is 0 Å². The van der Waals surface area contributed by atoms with Crippen molar-refractivity contribution in [2.45, 2.75) is 6.54 Å². The fraction of sp³-hybridized carbons (Fsp3) is 0.308. The number of hydrogen-bond acceptors (Lipinski definition) is 9. The zero-order valence-electron chi connectivity index (χ0n) is 20.5. The summed E-state index contributed by atoms with van der Waals surface area (Å²) in [6.07, 6.45) is 5.10. The van der Waals surface area contributed by atoms with Crippen LogP contribution in [0.4, 0.5) is 23.1 Å². The van der Waals surface area contributed by atoms with Gasteiger partial charge < -0.3 is 30.2 Å². The molecule has 0 unspecified atom stereocenters. The van der Waals surface area contributed by atoms with Crippen LogP contribution >= 0.6 is 0 Å². The lowest BCUT2D eigenvalue weighted by Crippen LogP contribution is -2.36. The van der Waals surface area contributed by atoms with E-state index in [0.717, 1.165) is 49.6 Å². The van der Waals surface area contributed by atoms with Gasteiger partial charge in [0.2, 0.25) is 5.95 Å². The molecule has 0 atom stereocenters. The lowest BCUT2D eigenvalue weighted by molar-refractivity contribution is 0.122. The summed E-state index contributed by atoms with van der Waals surface area (Å²) < 4.78 is 7.18. The van der Waals surface area contributed by atoms with Crippen LogP contribution in [0, 0.1) is 0 Å². The molecule has 10 nitrogen and oxygen atoms in total. The molecule has 3 N–H and O–H groups in total. The molecule has 0 bridgehead atoms. The molecule has 4 heterocycles. The minimum absolute atomic E-state index is 0.0885. The van der Waals surface area contributed by atoms with Gasteiger partial charge >= 0.3 is 0 Å². The smallest absolute Gasteiger partial charge is 0.262 e. The van der Waals surface area contributed by atoms with Gasteiger partial charge in [-0.3, -0.25) is 4.79 Å². The topological polar surface area (TPSA) is 114 Å². The molecule has 0 spiro atoms. The van der Waals surface area contributed by atoms with Crippen LogP contribution in [0.5, 0.6) is 0 Å². The number of pyridine rings is 2. The SMILES string of the molecule is CN(C)CCn1ccc2cc(-c3cnc(N)nc3)nc(Nc3ccc(N4CCOCC4)cc3)c2c1=O. The van der Waals surface area contributed by atoms with Crippen molar-refractivity contribution in [1.29, 1.82) is 0 Å². The van der Waals surface area contributed by atoms with Gasteiger partial charge in [0.25, 0.3) is 5.56 Å². The molecule has 1 aliphatic rings. The third-order valence-corrected chi connectivity index (χ3v) is 6.22. The van der Waals surface area contributed by atoms with Crippen LogP contribution in [0.1, 0.15) is 0 Å². The summed E-state index contributed by atoms with van der Waals surface area (Å²) in [6, 6.07) is 12.0. The number of fused-ring (bicyclic) bond motifs is 1. The van der Waals surface area contributed by atoms with E-state index in [-0.39, 0.29) is 11.5 Å². The Kier molecular flexibility index (Phi) is 6.79. The van der Waals surface area contributed by atoms with Crippen molar-refractivity contribution in [3.8, 4) is 11.3 Å². The molecule has 0 amide bonds. The largest absolute Gasteiger partial charge is 0.378 e. The monoisotopic (exact) mass is 486 g/mol. The number of nitrogen functional groups attached to an aromatic ring is 1. The van der Waals surface area contributed by atoms with Crippen LogP contribution in [-0.4, -0.2) is 71.4 Å². The van der Waals surface area contributed by atoms with E-state index in [1.165, 1.54) is 0 Å².